The van der Waals surface area contributed by atoms with Crippen molar-refractivity contribution in [1.82, 2.24) is 0 Å². The number of ether oxygens (including phenoxy) is 1. The number of hydrogen-bond donors (Lipinski definition) is 0. The molecule has 0 spiro atoms. The predicted molar refractivity (Wildman–Crippen MR) is 52.3 cm³/mol. The van der Waals surface area contributed by atoms with E-state index in [4.69, 9.17) is 11.6 Å². The van der Waals surface area contributed by atoms with Gasteiger partial charge in [0.2, 0.25) is 0 Å². The molecule has 12 heavy (non-hydrogen) atoms. The van der Waals surface area contributed by atoms with Crippen LogP contribution in [0.1, 0.15) is 13.3 Å². The van der Waals surface area contributed by atoms with Crippen molar-refractivity contribution in [2.45, 2.75) is 23.4 Å². The SMILES string of the molecule is CC[C@H](I)[C@@H]1C(=O)O[C@H]1C(=O)Cl. The van der Waals surface area contributed by atoms with Crippen LogP contribution in [0.15, 0.2) is 0 Å². The van der Waals surface area contributed by atoms with E-state index in [9.17, 15) is 9.59 Å². The molecule has 1 heterocycles. The van der Waals surface area contributed by atoms with Gasteiger partial charge >= 0.3 is 5.97 Å². The van der Waals surface area contributed by atoms with Crippen molar-refractivity contribution < 1.29 is 14.3 Å². The number of rotatable bonds is 3. The fourth-order valence-electron chi connectivity index (χ4n) is 1.11. The summed E-state index contributed by atoms with van der Waals surface area (Å²) in [6.07, 6.45) is 0.127. The van der Waals surface area contributed by atoms with Crippen LogP contribution in [0.3, 0.4) is 0 Å². The van der Waals surface area contributed by atoms with Gasteiger partial charge in [0.15, 0.2) is 6.10 Å². The highest BCUT2D eigenvalue weighted by atomic mass is 127. The number of alkyl halides is 1. The van der Waals surface area contributed by atoms with Crippen LogP contribution in [-0.4, -0.2) is 21.2 Å². The lowest BCUT2D eigenvalue weighted by Gasteiger charge is -2.34. The molecule has 0 radical (unpaired) electrons. The quantitative estimate of drug-likeness (QED) is 0.343. The summed E-state index contributed by atoms with van der Waals surface area (Å²) in [6, 6.07) is 0. The molecule has 0 amide bonds. The van der Waals surface area contributed by atoms with Crippen LogP contribution in [0.4, 0.5) is 0 Å². The molecule has 68 valence electrons. The summed E-state index contributed by atoms with van der Waals surface area (Å²) < 4.78 is 4.75. The minimum atomic E-state index is -0.707. The van der Waals surface area contributed by atoms with Crippen LogP contribution < -0.4 is 0 Å². The maximum atomic E-state index is 10.9. The molecule has 0 aromatic carbocycles. The first-order valence-electron chi connectivity index (χ1n) is 3.61. The van der Waals surface area contributed by atoms with Gasteiger partial charge in [0, 0.05) is 3.92 Å². The van der Waals surface area contributed by atoms with Crippen LogP contribution in [0.5, 0.6) is 0 Å². The minimum Gasteiger partial charge on any atom is -0.452 e. The summed E-state index contributed by atoms with van der Waals surface area (Å²) >= 11 is 7.36. The van der Waals surface area contributed by atoms with E-state index >= 15 is 0 Å². The van der Waals surface area contributed by atoms with E-state index < -0.39 is 11.3 Å². The molecule has 0 saturated carbocycles. The molecule has 0 N–H and O–H groups in total. The average Bonchev–Trinajstić information content (AvgIpc) is 1.99. The Hall–Kier alpha value is 0.160. The van der Waals surface area contributed by atoms with Gasteiger partial charge < -0.3 is 4.74 Å². The Morgan fingerprint density at radius 2 is 2.42 bits per heavy atom. The van der Waals surface area contributed by atoms with Crippen molar-refractivity contribution in [1.29, 1.82) is 0 Å². The minimum absolute atomic E-state index is 0.136. The van der Waals surface area contributed by atoms with Crippen LogP contribution in [0, 0.1) is 5.92 Å². The molecular weight excluding hydrogens is 294 g/mol. The van der Waals surface area contributed by atoms with Gasteiger partial charge in [-0.25, -0.2) is 0 Å². The van der Waals surface area contributed by atoms with E-state index in [2.05, 4.69) is 27.3 Å². The van der Waals surface area contributed by atoms with Gasteiger partial charge in [-0.15, -0.1) is 0 Å². The summed E-state index contributed by atoms with van der Waals surface area (Å²) in [7, 11) is 0. The van der Waals surface area contributed by atoms with Crippen molar-refractivity contribution in [3.05, 3.63) is 0 Å². The van der Waals surface area contributed by atoms with Crippen molar-refractivity contribution in [2.24, 2.45) is 5.92 Å². The van der Waals surface area contributed by atoms with Crippen LogP contribution in [0.25, 0.3) is 0 Å². The number of carbonyl (C=O) groups is 2. The van der Waals surface area contributed by atoms with E-state index in [1.165, 1.54) is 0 Å². The highest BCUT2D eigenvalue weighted by molar-refractivity contribution is 14.1. The summed E-state index contributed by atoms with van der Waals surface area (Å²) in [4.78, 5) is 21.6. The summed E-state index contributed by atoms with van der Waals surface area (Å²) in [6.45, 7) is 1.96. The Labute approximate surface area is 88.9 Å². The zero-order valence-electron chi connectivity index (χ0n) is 6.42. The number of cyclic esters (lactones) is 1. The smallest absolute Gasteiger partial charge is 0.315 e. The third-order valence-electron chi connectivity index (χ3n) is 1.84. The van der Waals surface area contributed by atoms with E-state index in [-0.39, 0.29) is 15.8 Å². The van der Waals surface area contributed by atoms with Gasteiger partial charge in [-0.05, 0) is 18.0 Å². The van der Waals surface area contributed by atoms with Crippen molar-refractivity contribution in [2.75, 3.05) is 0 Å². The molecule has 3 nitrogen and oxygen atoms in total. The highest BCUT2D eigenvalue weighted by Gasteiger charge is 2.49. The second-order valence-electron chi connectivity index (χ2n) is 2.61. The third-order valence-corrected chi connectivity index (χ3v) is 3.72. The van der Waals surface area contributed by atoms with Gasteiger partial charge in [0.1, 0.15) is 5.92 Å². The molecule has 0 unspecified atom stereocenters. The Morgan fingerprint density at radius 1 is 1.83 bits per heavy atom. The number of esters is 1. The molecule has 1 fully saturated rings. The molecule has 1 aliphatic heterocycles. The molecule has 1 rings (SSSR count). The summed E-state index contributed by atoms with van der Waals surface area (Å²) in [5, 5.41) is -0.574. The summed E-state index contributed by atoms with van der Waals surface area (Å²) in [5.74, 6) is -0.643. The maximum absolute atomic E-state index is 10.9. The van der Waals surface area contributed by atoms with Gasteiger partial charge in [-0.2, -0.15) is 0 Å². The van der Waals surface area contributed by atoms with Crippen LogP contribution in [-0.2, 0) is 14.3 Å². The van der Waals surface area contributed by atoms with E-state index in [1.807, 2.05) is 6.92 Å². The van der Waals surface area contributed by atoms with E-state index in [1.54, 1.807) is 0 Å². The molecule has 1 aliphatic rings. The first-order chi connectivity index (χ1) is 5.57. The normalized spacial score (nSPS) is 30.4. The molecule has 0 aliphatic carbocycles. The van der Waals surface area contributed by atoms with Crippen molar-refractivity contribution >= 4 is 45.4 Å². The molecule has 1 saturated heterocycles. The van der Waals surface area contributed by atoms with E-state index in [0.717, 1.165) is 6.42 Å². The Bertz CT molecular complexity index is 219. The largest absolute Gasteiger partial charge is 0.452 e. The van der Waals surface area contributed by atoms with Gasteiger partial charge in [0.25, 0.3) is 5.24 Å². The molecule has 0 aromatic heterocycles. The lowest BCUT2D eigenvalue weighted by molar-refractivity contribution is -0.184. The Kier molecular flexibility index (Phi) is 3.34. The molecular formula is C7H8ClIO3. The topological polar surface area (TPSA) is 43.4 Å². The Morgan fingerprint density at radius 3 is 2.75 bits per heavy atom. The van der Waals surface area contributed by atoms with Crippen molar-refractivity contribution in [3.63, 3.8) is 0 Å². The van der Waals surface area contributed by atoms with Crippen LogP contribution in [0.2, 0.25) is 0 Å². The Balaban J connectivity index is 2.61. The average molecular weight is 302 g/mol. The molecule has 3 atom stereocenters. The monoisotopic (exact) mass is 302 g/mol. The molecule has 5 heteroatoms. The number of carbonyl (C=O) groups excluding carboxylic acids is 2. The standard InChI is InChI=1S/C7H8ClIO3/c1-2-3(9)4-5(6(8)10)12-7(4)11/h3-5H,2H2,1H3/t3-,4-,5+/m0/s1. The highest BCUT2D eigenvalue weighted by Crippen LogP contribution is 2.33. The molecule has 0 bridgehead atoms. The fraction of sp³-hybridized carbons (Fsp3) is 0.714. The van der Waals surface area contributed by atoms with Gasteiger partial charge in [0.05, 0.1) is 0 Å². The predicted octanol–water partition coefficient (Wildman–Crippen LogP) is 1.51. The third kappa shape index (κ3) is 1.74. The van der Waals surface area contributed by atoms with Gasteiger partial charge in [-0.1, -0.05) is 29.5 Å². The first kappa shape index (κ1) is 10.2. The first-order valence-corrected chi connectivity index (χ1v) is 5.24. The zero-order chi connectivity index (χ0) is 9.30. The number of hydrogen-bond acceptors (Lipinski definition) is 3. The van der Waals surface area contributed by atoms with Crippen LogP contribution >= 0.6 is 34.2 Å². The fourth-order valence-corrected chi connectivity index (χ4v) is 1.96. The number of halogens is 2. The second kappa shape index (κ2) is 3.91. The maximum Gasteiger partial charge on any atom is 0.315 e. The lowest BCUT2D eigenvalue weighted by Crippen LogP contribution is -2.52. The lowest BCUT2D eigenvalue weighted by atomic mass is 9.93. The summed E-state index contributed by atoms with van der Waals surface area (Å²) in [5.41, 5.74) is 0. The van der Waals surface area contributed by atoms with E-state index in [0.29, 0.717) is 0 Å². The molecule has 0 aromatic rings. The van der Waals surface area contributed by atoms with Gasteiger partial charge in [-0.3, -0.25) is 9.59 Å². The second-order valence-corrected chi connectivity index (χ2v) is 4.58. The zero-order valence-corrected chi connectivity index (χ0v) is 9.33. The van der Waals surface area contributed by atoms with Crippen molar-refractivity contribution in [3.8, 4) is 0 Å².